The Hall–Kier alpha value is -1.79. The number of aryl methyl sites for hydroxylation is 1. The lowest BCUT2D eigenvalue weighted by atomic mass is 10.3. The van der Waals surface area contributed by atoms with Crippen LogP contribution in [0.5, 0.6) is 5.75 Å². The van der Waals surface area contributed by atoms with Crippen LogP contribution in [0.25, 0.3) is 0 Å². The van der Waals surface area contributed by atoms with Crippen molar-refractivity contribution in [2.75, 3.05) is 19.0 Å². The molecule has 2 rings (SSSR count). The summed E-state index contributed by atoms with van der Waals surface area (Å²) in [5.41, 5.74) is 1.73. The highest BCUT2D eigenvalue weighted by atomic mass is 35.5. The molecule has 0 unspecified atom stereocenters. The fraction of sp³-hybridized carbons (Fsp3) is 0.385. The standard InChI is InChI=1S/C13H17ClN4O2/c1-20-13-7-10(3-4-12(13)14)15-8-11-9-18(17-16-11)5-2-6-19/h3-4,7,9,15,19H,2,5-6,8H2,1H3. The van der Waals surface area contributed by atoms with Crippen LogP contribution < -0.4 is 10.1 Å². The van der Waals surface area contributed by atoms with E-state index in [2.05, 4.69) is 15.6 Å². The molecule has 0 atom stereocenters. The summed E-state index contributed by atoms with van der Waals surface area (Å²) in [6.07, 6.45) is 2.53. The van der Waals surface area contributed by atoms with Gasteiger partial charge >= 0.3 is 0 Å². The fourth-order valence-electron chi connectivity index (χ4n) is 1.72. The van der Waals surface area contributed by atoms with Crippen LogP contribution in [-0.2, 0) is 13.1 Å². The molecular weight excluding hydrogens is 280 g/mol. The Kier molecular flexibility index (Phi) is 5.20. The lowest BCUT2D eigenvalue weighted by Gasteiger charge is -2.07. The molecule has 1 aromatic carbocycles. The van der Waals surface area contributed by atoms with E-state index in [0.717, 1.165) is 11.4 Å². The molecule has 0 aliphatic carbocycles. The van der Waals surface area contributed by atoms with Crippen molar-refractivity contribution in [3.05, 3.63) is 35.1 Å². The first-order chi connectivity index (χ1) is 9.72. The van der Waals surface area contributed by atoms with E-state index >= 15 is 0 Å². The number of aromatic nitrogens is 3. The summed E-state index contributed by atoms with van der Waals surface area (Å²) in [5.74, 6) is 0.628. The molecule has 1 aromatic heterocycles. The number of halogens is 1. The monoisotopic (exact) mass is 296 g/mol. The first kappa shape index (κ1) is 14.6. The third kappa shape index (κ3) is 3.85. The zero-order valence-corrected chi connectivity index (χ0v) is 12.0. The van der Waals surface area contributed by atoms with E-state index in [1.165, 1.54) is 0 Å². The van der Waals surface area contributed by atoms with Crippen LogP contribution in [0.1, 0.15) is 12.1 Å². The minimum Gasteiger partial charge on any atom is -0.495 e. The summed E-state index contributed by atoms with van der Waals surface area (Å²) in [5, 5.41) is 20.6. The van der Waals surface area contributed by atoms with Crippen molar-refractivity contribution in [3.8, 4) is 5.75 Å². The molecule has 0 fully saturated rings. The molecule has 1 heterocycles. The minimum absolute atomic E-state index is 0.151. The second-order valence-electron chi connectivity index (χ2n) is 4.25. The Morgan fingerprint density at radius 1 is 1.45 bits per heavy atom. The van der Waals surface area contributed by atoms with Crippen molar-refractivity contribution in [3.63, 3.8) is 0 Å². The Balaban J connectivity index is 1.93. The second kappa shape index (κ2) is 7.12. The molecule has 7 heteroatoms. The molecule has 2 aromatic rings. The maximum Gasteiger partial charge on any atom is 0.139 e. The Labute approximate surface area is 122 Å². The van der Waals surface area contributed by atoms with Crippen LogP contribution in [0.4, 0.5) is 5.69 Å². The molecule has 0 radical (unpaired) electrons. The predicted molar refractivity (Wildman–Crippen MR) is 77.1 cm³/mol. The van der Waals surface area contributed by atoms with Gasteiger partial charge in [0.1, 0.15) is 11.4 Å². The normalized spacial score (nSPS) is 10.6. The predicted octanol–water partition coefficient (Wildman–Crippen LogP) is 1.93. The van der Waals surface area contributed by atoms with Gasteiger partial charge in [-0.25, -0.2) is 0 Å². The van der Waals surface area contributed by atoms with E-state index in [1.54, 1.807) is 17.9 Å². The zero-order chi connectivity index (χ0) is 14.4. The van der Waals surface area contributed by atoms with Crippen LogP contribution in [0, 0.1) is 0 Å². The van der Waals surface area contributed by atoms with Gasteiger partial charge in [-0.15, -0.1) is 5.10 Å². The summed E-state index contributed by atoms with van der Waals surface area (Å²) in [6, 6.07) is 5.49. The number of anilines is 1. The number of ether oxygens (including phenoxy) is 1. The lowest BCUT2D eigenvalue weighted by Crippen LogP contribution is -2.01. The van der Waals surface area contributed by atoms with Crippen molar-refractivity contribution in [1.29, 1.82) is 0 Å². The average molecular weight is 297 g/mol. The van der Waals surface area contributed by atoms with Gasteiger partial charge in [-0.2, -0.15) is 0 Å². The number of nitrogens with zero attached hydrogens (tertiary/aromatic N) is 3. The van der Waals surface area contributed by atoms with E-state index in [0.29, 0.717) is 30.3 Å². The third-order valence-electron chi connectivity index (χ3n) is 2.76. The molecular formula is C13H17ClN4O2. The Bertz CT molecular complexity index is 559. The smallest absolute Gasteiger partial charge is 0.139 e. The summed E-state index contributed by atoms with van der Waals surface area (Å²) in [7, 11) is 1.58. The van der Waals surface area contributed by atoms with Crippen LogP contribution >= 0.6 is 11.6 Å². The summed E-state index contributed by atoms with van der Waals surface area (Å²) >= 11 is 5.97. The van der Waals surface area contributed by atoms with E-state index in [9.17, 15) is 0 Å². The van der Waals surface area contributed by atoms with Crippen molar-refractivity contribution in [2.45, 2.75) is 19.5 Å². The number of methoxy groups -OCH3 is 1. The summed E-state index contributed by atoms with van der Waals surface area (Å²) < 4.78 is 6.88. The van der Waals surface area contributed by atoms with Gasteiger partial charge in [0.05, 0.1) is 24.9 Å². The molecule has 6 nitrogen and oxygen atoms in total. The SMILES string of the molecule is COc1cc(NCc2cn(CCCO)nn2)ccc1Cl. The number of aliphatic hydroxyl groups is 1. The van der Waals surface area contributed by atoms with Crippen LogP contribution in [0.15, 0.2) is 24.4 Å². The van der Waals surface area contributed by atoms with Gasteiger partial charge < -0.3 is 15.2 Å². The number of aliphatic hydroxyl groups excluding tert-OH is 1. The maximum atomic E-state index is 8.76. The Morgan fingerprint density at radius 3 is 3.05 bits per heavy atom. The van der Waals surface area contributed by atoms with Crippen LogP contribution in [0.3, 0.4) is 0 Å². The van der Waals surface area contributed by atoms with Gasteiger partial charge in [0.2, 0.25) is 0 Å². The molecule has 0 aliphatic heterocycles. The van der Waals surface area contributed by atoms with Gasteiger partial charge in [-0.3, -0.25) is 4.68 Å². The molecule has 0 aliphatic rings. The molecule has 20 heavy (non-hydrogen) atoms. The van der Waals surface area contributed by atoms with E-state index in [4.69, 9.17) is 21.4 Å². The van der Waals surface area contributed by atoms with Gasteiger partial charge in [-0.1, -0.05) is 16.8 Å². The Morgan fingerprint density at radius 2 is 2.30 bits per heavy atom. The largest absolute Gasteiger partial charge is 0.495 e. The third-order valence-corrected chi connectivity index (χ3v) is 3.07. The molecule has 0 saturated carbocycles. The number of hydrogen-bond donors (Lipinski definition) is 2. The van der Waals surface area contributed by atoms with Gasteiger partial charge in [0.15, 0.2) is 0 Å². The van der Waals surface area contributed by atoms with Gasteiger partial charge in [0.25, 0.3) is 0 Å². The van der Waals surface area contributed by atoms with E-state index in [-0.39, 0.29) is 6.61 Å². The highest BCUT2D eigenvalue weighted by Crippen LogP contribution is 2.27. The molecule has 2 N–H and O–H groups in total. The minimum atomic E-state index is 0.151. The summed E-state index contributed by atoms with van der Waals surface area (Å²) in [6.45, 7) is 1.38. The quantitative estimate of drug-likeness (QED) is 0.817. The maximum absolute atomic E-state index is 8.76. The summed E-state index contributed by atoms with van der Waals surface area (Å²) in [4.78, 5) is 0. The van der Waals surface area contributed by atoms with E-state index in [1.807, 2.05) is 18.3 Å². The van der Waals surface area contributed by atoms with Crippen molar-refractivity contribution in [2.24, 2.45) is 0 Å². The van der Waals surface area contributed by atoms with Crippen molar-refractivity contribution < 1.29 is 9.84 Å². The zero-order valence-electron chi connectivity index (χ0n) is 11.2. The van der Waals surface area contributed by atoms with Crippen LogP contribution in [-0.4, -0.2) is 33.8 Å². The van der Waals surface area contributed by atoms with Gasteiger partial charge in [-0.05, 0) is 18.6 Å². The van der Waals surface area contributed by atoms with Crippen molar-refractivity contribution in [1.82, 2.24) is 15.0 Å². The molecule has 0 spiro atoms. The lowest BCUT2D eigenvalue weighted by molar-refractivity contribution is 0.276. The highest BCUT2D eigenvalue weighted by molar-refractivity contribution is 6.32. The molecule has 0 bridgehead atoms. The number of nitrogens with one attached hydrogen (secondary N) is 1. The number of benzene rings is 1. The first-order valence-electron chi connectivity index (χ1n) is 6.30. The first-order valence-corrected chi connectivity index (χ1v) is 6.68. The van der Waals surface area contributed by atoms with Crippen LogP contribution in [0.2, 0.25) is 5.02 Å². The average Bonchev–Trinajstić information content (AvgIpc) is 2.92. The molecule has 0 saturated heterocycles. The highest BCUT2D eigenvalue weighted by Gasteiger charge is 2.04. The number of rotatable bonds is 7. The van der Waals surface area contributed by atoms with E-state index < -0.39 is 0 Å². The van der Waals surface area contributed by atoms with Crippen molar-refractivity contribution >= 4 is 17.3 Å². The fourth-order valence-corrected chi connectivity index (χ4v) is 1.92. The molecule has 0 amide bonds. The topological polar surface area (TPSA) is 72.2 Å². The second-order valence-corrected chi connectivity index (χ2v) is 4.66. The molecule has 108 valence electrons. The van der Waals surface area contributed by atoms with Gasteiger partial charge in [0, 0.05) is 24.9 Å². The number of hydrogen-bond acceptors (Lipinski definition) is 5.